The maximum Gasteiger partial charge on any atom is 0.122 e. The minimum atomic E-state index is -0.461. The highest BCUT2D eigenvalue weighted by Crippen LogP contribution is 2.16. The summed E-state index contributed by atoms with van der Waals surface area (Å²) in [6.45, 7) is 10.00. The van der Waals surface area contributed by atoms with E-state index in [1.54, 1.807) is 7.11 Å². The van der Waals surface area contributed by atoms with Gasteiger partial charge in [0.05, 0.1) is 6.61 Å². The van der Waals surface area contributed by atoms with Crippen molar-refractivity contribution in [3.8, 4) is 5.75 Å². The van der Waals surface area contributed by atoms with E-state index >= 15 is 0 Å². The molecule has 5 nitrogen and oxygen atoms in total. The highest BCUT2D eigenvalue weighted by Gasteiger charge is 2.22. The van der Waals surface area contributed by atoms with Gasteiger partial charge in [-0.05, 0) is 25.5 Å². The van der Waals surface area contributed by atoms with Crippen molar-refractivity contribution in [3.63, 3.8) is 0 Å². The molecular weight excluding hydrogens is 292 g/mol. The van der Waals surface area contributed by atoms with Crippen LogP contribution in [0, 0.1) is 6.92 Å². The number of para-hydroxylation sites is 1. The lowest BCUT2D eigenvalue weighted by atomic mass is 10.2. The van der Waals surface area contributed by atoms with Crippen LogP contribution in [0.3, 0.4) is 0 Å². The van der Waals surface area contributed by atoms with Gasteiger partial charge in [0.15, 0.2) is 0 Å². The van der Waals surface area contributed by atoms with E-state index in [9.17, 15) is 5.11 Å². The van der Waals surface area contributed by atoms with Gasteiger partial charge >= 0.3 is 0 Å². The Hall–Kier alpha value is -1.14. The van der Waals surface area contributed by atoms with E-state index in [0.29, 0.717) is 19.2 Å². The van der Waals surface area contributed by atoms with E-state index in [2.05, 4.69) is 16.7 Å². The number of β-amino-alcohol motifs (C(OH)–C–C–N with tert-alkyl or cyclic N) is 1. The standard InChI is InChI=1S/C18H30N2O3/c1-15-6-4-5-7-18(15)23-14-17(21)12-19-8-10-20(11-9-19)16(2)13-22-3/h4-7,16-17,21H,8-14H2,1-3H3. The molecule has 1 heterocycles. The van der Waals surface area contributed by atoms with Crippen molar-refractivity contribution >= 4 is 0 Å². The number of methoxy groups -OCH3 is 1. The predicted molar refractivity (Wildman–Crippen MR) is 92.0 cm³/mol. The Labute approximate surface area is 139 Å². The van der Waals surface area contributed by atoms with Crippen LogP contribution >= 0.6 is 0 Å². The fraction of sp³-hybridized carbons (Fsp3) is 0.667. The number of nitrogens with zero attached hydrogens (tertiary/aromatic N) is 2. The molecule has 0 aliphatic carbocycles. The van der Waals surface area contributed by atoms with Crippen LogP contribution in [-0.2, 0) is 4.74 Å². The molecule has 1 aliphatic heterocycles. The average molecular weight is 322 g/mol. The number of benzene rings is 1. The Morgan fingerprint density at radius 3 is 2.48 bits per heavy atom. The summed E-state index contributed by atoms with van der Waals surface area (Å²) >= 11 is 0. The molecule has 1 saturated heterocycles. The van der Waals surface area contributed by atoms with Crippen LogP contribution in [0.1, 0.15) is 12.5 Å². The molecule has 0 saturated carbocycles. The van der Waals surface area contributed by atoms with Crippen LogP contribution in [0.2, 0.25) is 0 Å². The monoisotopic (exact) mass is 322 g/mol. The zero-order valence-electron chi connectivity index (χ0n) is 14.6. The number of hydrogen-bond acceptors (Lipinski definition) is 5. The van der Waals surface area contributed by atoms with E-state index in [4.69, 9.17) is 9.47 Å². The third-order valence-corrected chi connectivity index (χ3v) is 4.43. The highest BCUT2D eigenvalue weighted by molar-refractivity contribution is 5.31. The number of hydrogen-bond donors (Lipinski definition) is 1. The van der Waals surface area contributed by atoms with Gasteiger partial charge in [-0.1, -0.05) is 18.2 Å². The van der Waals surface area contributed by atoms with E-state index < -0.39 is 6.10 Å². The normalized spacial score (nSPS) is 19.5. The lowest BCUT2D eigenvalue weighted by molar-refractivity contribution is 0.0249. The number of rotatable bonds is 8. The van der Waals surface area contributed by atoms with E-state index in [1.807, 2.05) is 31.2 Å². The van der Waals surface area contributed by atoms with Crippen molar-refractivity contribution < 1.29 is 14.6 Å². The van der Waals surface area contributed by atoms with Gasteiger partial charge in [0.2, 0.25) is 0 Å². The first-order valence-electron chi connectivity index (χ1n) is 8.42. The van der Waals surface area contributed by atoms with E-state index in [0.717, 1.165) is 44.1 Å². The molecule has 1 N–H and O–H groups in total. The second-order valence-corrected chi connectivity index (χ2v) is 6.37. The lowest BCUT2D eigenvalue weighted by Gasteiger charge is -2.38. The number of piperazine rings is 1. The minimum Gasteiger partial charge on any atom is -0.491 e. The molecule has 23 heavy (non-hydrogen) atoms. The van der Waals surface area contributed by atoms with E-state index in [-0.39, 0.29) is 0 Å². The quantitative estimate of drug-likeness (QED) is 0.783. The summed E-state index contributed by atoms with van der Waals surface area (Å²) in [6, 6.07) is 8.36. The topological polar surface area (TPSA) is 45.2 Å². The van der Waals surface area contributed by atoms with Crippen LogP contribution < -0.4 is 4.74 Å². The maximum atomic E-state index is 10.2. The summed E-state index contributed by atoms with van der Waals surface area (Å²) in [5, 5.41) is 10.2. The zero-order chi connectivity index (χ0) is 16.7. The van der Waals surface area contributed by atoms with Crippen LogP contribution in [0.5, 0.6) is 5.75 Å². The van der Waals surface area contributed by atoms with Gasteiger partial charge in [0.1, 0.15) is 18.5 Å². The first kappa shape index (κ1) is 18.2. The molecule has 5 heteroatoms. The molecule has 0 amide bonds. The zero-order valence-corrected chi connectivity index (χ0v) is 14.6. The van der Waals surface area contributed by atoms with Gasteiger partial charge in [-0.2, -0.15) is 0 Å². The molecule has 2 unspecified atom stereocenters. The molecular formula is C18H30N2O3. The molecule has 2 atom stereocenters. The molecule has 0 radical (unpaired) electrons. The van der Waals surface area contributed by atoms with Crippen molar-refractivity contribution in [2.75, 3.05) is 53.0 Å². The Balaban J connectivity index is 1.68. The third-order valence-electron chi connectivity index (χ3n) is 4.43. The summed E-state index contributed by atoms with van der Waals surface area (Å²) in [6.07, 6.45) is -0.461. The molecule has 0 aromatic heterocycles. The van der Waals surface area contributed by atoms with Crippen molar-refractivity contribution in [1.29, 1.82) is 0 Å². The number of aryl methyl sites for hydroxylation is 1. The van der Waals surface area contributed by atoms with Crippen molar-refractivity contribution in [2.24, 2.45) is 0 Å². The number of ether oxygens (including phenoxy) is 2. The Bertz CT molecular complexity index is 461. The summed E-state index contributed by atoms with van der Waals surface area (Å²) in [5.41, 5.74) is 1.10. The number of aliphatic hydroxyl groups excluding tert-OH is 1. The number of aliphatic hydroxyl groups is 1. The van der Waals surface area contributed by atoms with Gasteiger partial charge in [0.25, 0.3) is 0 Å². The second kappa shape index (κ2) is 9.23. The second-order valence-electron chi connectivity index (χ2n) is 6.37. The smallest absolute Gasteiger partial charge is 0.122 e. The molecule has 0 bridgehead atoms. The van der Waals surface area contributed by atoms with Crippen LogP contribution in [0.25, 0.3) is 0 Å². The van der Waals surface area contributed by atoms with Crippen molar-refractivity contribution in [2.45, 2.75) is 26.0 Å². The highest BCUT2D eigenvalue weighted by atomic mass is 16.5. The Morgan fingerprint density at radius 1 is 1.13 bits per heavy atom. The molecule has 130 valence electrons. The molecule has 1 aromatic rings. The Morgan fingerprint density at radius 2 is 1.83 bits per heavy atom. The van der Waals surface area contributed by atoms with Gasteiger partial charge in [-0.15, -0.1) is 0 Å². The SMILES string of the molecule is COCC(C)N1CCN(CC(O)COc2ccccc2C)CC1. The molecule has 1 fully saturated rings. The van der Waals surface area contributed by atoms with Gasteiger partial charge in [0, 0.05) is 45.9 Å². The summed E-state index contributed by atoms with van der Waals surface area (Å²) in [5.74, 6) is 0.852. The average Bonchev–Trinajstić information content (AvgIpc) is 2.55. The summed E-state index contributed by atoms with van der Waals surface area (Å²) in [4.78, 5) is 4.75. The maximum absolute atomic E-state index is 10.2. The van der Waals surface area contributed by atoms with Crippen LogP contribution in [0.15, 0.2) is 24.3 Å². The summed E-state index contributed by atoms with van der Waals surface area (Å²) < 4.78 is 10.9. The van der Waals surface area contributed by atoms with E-state index in [1.165, 1.54) is 0 Å². The van der Waals surface area contributed by atoms with Crippen molar-refractivity contribution in [3.05, 3.63) is 29.8 Å². The van der Waals surface area contributed by atoms with Gasteiger partial charge in [-0.25, -0.2) is 0 Å². The first-order valence-corrected chi connectivity index (χ1v) is 8.42. The minimum absolute atomic E-state index is 0.338. The predicted octanol–water partition coefficient (Wildman–Crippen LogP) is 1.39. The summed E-state index contributed by atoms with van der Waals surface area (Å²) in [7, 11) is 1.75. The molecule has 2 rings (SSSR count). The molecule has 1 aliphatic rings. The molecule has 1 aromatic carbocycles. The van der Waals surface area contributed by atoms with Gasteiger partial charge < -0.3 is 14.6 Å². The lowest BCUT2D eigenvalue weighted by Crippen LogP contribution is -2.52. The molecule has 0 spiro atoms. The fourth-order valence-electron chi connectivity index (χ4n) is 2.99. The largest absolute Gasteiger partial charge is 0.491 e. The van der Waals surface area contributed by atoms with Crippen LogP contribution in [0.4, 0.5) is 0 Å². The Kier molecular flexibility index (Phi) is 7.30. The first-order chi connectivity index (χ1) is 11.1. The van der Waals surface area contributed by atoms with Gasteiger partial charge in [-0.3, -0.25) is 9.80 Å². The van der Waals surface area contributed by atoms with Crippen molar-refractivity contribution in [1.82, 2.24) is 9.80 Å². The third kappa shape index (κ3) is 5.77. The van der Waals surface area contributed by atoms with Crippen LogP contribution in [-0.4, -0.2) is 80.1 Å². The fourth-order valence-corrected chi connectivity index (χ4v) is 2.99.